The van der Waals surface area contributed by atoms with Crippen molar-refractivity contribution in [2.75, 3.05) is 7.05 Å². The van der Waals surface area contributed by atoms with Gasteiger partial charge in [0.25, 0.3) is 0 Å². The highest BCUT2D eigenvalue weighted by Crippen LogP contribution is 2.43. The molecule has 0 fully saturated rings. The third kappa shape index (κ3) is 1.88. The summed E-state index contributed by atoms with van der Waals surface area (Å²) in [6.07, 6.45) is 1.49. The molecule has 3 nitrogen and oxygen atoms in total. The molecule has 5 heteroatoms. The molecule has 0 aliphatic carbocycles. The zero-order valence-corrected chi connectivity index (χ0v) is 11.5. The second kappa shape index (κ2) is 4.59. The Labute approximate surface area is 107 Å². The van der Waals surface area contributed by atoms with E-state index in [1.54, 1.807) is 19.2 Å². The predicted octanol–water partition coefficient (Wildman–Crippen LogP) is 2.56. The summed E-state index contributed by atoms with van der Waals surface area (Å²) >= 11 is 6.03. The minimum absolute atomic E-state index is 0.145. The van der Waals surface area contributed by atoms with Crippen LogP contribution in [0.25, 0.3) is 0 Å². The number of nitrogens with one attached hydrogen (secondary N) is 1. The average molecular weight is 274 g/mol. The van der Waals surface area contributed by atoms with Gasteiger partial charge in [-0.15, -0.1) is 0 Å². The molecule has 1 aliphatic heterocycles. The highest BCUT2D eigenvalue weighted by Gasteiger charge is 2.44. The lowest BCUT2D eigenvalue weighted by Gasteiger charge is -2.17. The van der Waals surface area contributed by atoms with Crippen LogP contribution in [0, 0.1) is 0 Å². The van der Waals surface area contributed by atoms with Crippen LogP contribution in [-0.2, 0) is 9.84 Å². The highest BCUT2D eigenvalue weighted by molar-refractivity contribution is 7.92. The first-order valence-electron chi connectivity index (χ1n) is 5.73. The van der Waals surface area contributed by atoms with Crippen molar-refractivity contribution in [1.82, 2.24) is 5.32 Å². The zero-order valence-electron chi connectivity index (χ0n) is 9.90. The number of hydrogen-bond acceptors (Lipinski definition) is 3. The number of hydrogen-bond donors (Lipinski definition) is 1. The number of fused-ring (bicyclic) bond motifs is 1. The molecule has 17 heavy (non-hydrogen) atoms. The molecule has 2 rings (SSSR count). The zero-order chi connectivity index (χ0) is 12.6. The van der Waals surface area contributed by atoms with Crippen molar-refractivity contribution in [3.63, 3.8) is 0 Å². The number of halogens is 1. The Balaban J connectivity index is 2.63. The van der Waals surface area contributed by atoms with Gasteiger partial charge in [-0.05, 0) is 25.1 Å². The Morgan fingerprint density at radius 1 is 1.41 bits per heavy atom. The Bertz CT molecular complexity index is 527. The van der Waals surface area contributed by atoms with Gasteiger partial charge in [-0.3, -0.25) is 0 Å². The first-order chi connectivity index (χ1) is 8.04. The monoisotopic (exact) mass is 273 g/mol. The third-order valence-corrected chi connectivity index (χ3v) is 6.03. The molecule has 1 aromatic carbocycles. The largest absolute Gasteiger partial charge is 0.312 e. The van der Waals surface area contributed by atoms with Gasteiger partial charge in [0.05, 0.1) is 21.2 Å². The molecule has 0 aromatic heterocycles. The predicted molar refractivity (Wildman–Crippen MR) is 69.1 cm³/mol. The molecule has 2 atom stereocenters. The van der Waals surface area contributed by atoms with Gasteiger partial charge in [-0.2, -0.15) is 0 Å². The fraction of sp³-hybridized carbons (Fsp3) is 0.500. The van der Waals surface area contributed by atoms with Crippen molar-refractivity contribution in [2.24, 2.45) is 0 Å². The lowest BCUT2D eigenvalue weighted by Crippen LogP contribution is -2.29. The quantitative estimate of drug-likeness (QED) is 0.921. The summed E-state index contributed by atoms with van der Waals surface area (Å²) in [5.74, 6) is 0. The fourth-order valence-electron chi connectivity index (χ4n) is 2.55. The van der Waals surface area contributed by atoms with Crippen LogP contribution in [0.2, 0.25) is 5.02 Å². The van der Waals surface area contributed by atoms with Gasteiger partial charge in [-0.1, -0.05) is 37.1 Å². The van der Waals surface area contributed by atoms with E-state index in [2.05, 4.69) is 5.32 Å². The van der Waals surface area contributed by atoms with E-state index in [0.29, 0.717) is 16.3 Å². The normalized spacial score (nSPS) is 25.8. The lowest BCUT2D eigenvalue weighted by molar-refractivity contribution is 0.514. The van der Waals surface area contributed by atoms with Gasteiger partial charge >= 0.3 is 0 Å². The smallest absolute Gasteiger partial charge is 0.184 e. The fourth-order valence-corrected chi connectivity index (χ4v) is 5.41. The topological polar surface area (TPSA) is 46.2 Å². The van der Waals surface area contributed by atoms with Crippen molar-refractivity contribution in [3.05, 3.63) is 28.8 Å². The standard InChI is InChI=1S/C12H16ClNO2S/c1-3-5-10-11(14-2)8-6-4-7-9(13)12(8)17(10,15)16/h4,6-7,10-11,14H,3,5H2,1-2H3. The summed E-state index contributed by atoms with van der Waals surface area (Å²) < 4.78 is 24.9. The Hall–Kier alpha value is -0.580. The van der Waals surface area contributed by atoms with Crippen LogP contribution in [0.15, 0.2) is 23.1 Å². The van der Waals surface area contributed by atoms with E-state index < -0.39 is 15.1 Å². The van der Waals surface area contributed by atoms with Crippen molar-refractivity contribution in [3.8, 4) is 0 Å². The number of sulfone groups is 1. The third-order valence-electron chi connectivity index (χ3n) is 3.27. The molecule has 0 saturated carbocycles. The van der Waals surface area contributed by atoms with Crippen LogP contribution in [0.5, 0.6) is 0 Å². The van der Waals surface area contributed by atoms with Gasteiger partial charge in [0.15, 0.2) is 9.84 Å². The van der Waals surface area contributed by atoms with Crippen LogP contribution in [0.1, 0.15) is 31.4 Å². The van der Waals surface area contributed by atoms with Crippen LogP contribution in [-0.4, -0.2) is 20.7 Å². The molecule has 1 N–H and O–H groups in total. The number of benzene rings is 1. The summed E-state index contributed by atoms with van der Waals surface area (Å²) in [5, 5.41) is 3.04. The Morgan fingerprint density at radius 2 is 2.12 bits per heavy atom. The lowest BCUT2D eigenvalue weighted by atomic mass is 10.0. The molecule has 1 heterocycles. The Kier molecular flexibility index (Phi) is 3.48. The molecule has 0 bridgehead atoms. The summed E-state index contributed by atoms with van der Waals surface area (Å²) in [4.78, 5) is 0.319. The summed E-state index contributed by atoms with van der Waals surface area (Å²) in [7, 11) is -1.50. The van der Waals surface area contributed by atoms with Crippen LogP contribution in [0.3, 0.4) is 0 Å². The van der Waals surface area contributed by atoms with Crippen molar-refractivity contribution in [2.45, 2.75) is 36.0 Å². The van der Waals surface area contributed by atoms with E-state index in [4.69, 9.17) is 11.6 Å². The van der Waals surface area contributed by atoms with E-state index >= 15 is 0 Å². The van der Waals surface area contributed by atoms with Gasteiger partial charge < -0.3 is 5.32 Å². The SMILES string of the molecule is CCCC1C(NC)c2cccc(Cl)c2S1(=O)=O. The minimum atomic E-state index is -3.29. The molecule has 1 aromatic rings. The average Bonchev–Trinajstić information content (AvgIpc) is 2.49. The van der Waals surface area contributed by atoms with Crippen LogP contribution in [0.4, 0.5) is 0 Å². The van der Waals surface area contributed by atoms with E-state index in [0.717, 1.165) is 12.0 Å². The number of rotatable bonds is 3. The molecular formula is C12H16ClNO2S. The molecule has 94 valence electrons. The van der Waals surface area contributed by atoms with Crippen molar-refractivity contribution in [1.29, 1.82) is 0 Å². The maximum atomic E-state index is 12.4. The second-order valence-electron chi connectivity index (χ2n) is 4.30. The maximum Gasteiger partial charge on any atom is 0.184 e. The van der Waals surface area contributed by atoms with E-state index in [-0.39, 0.29) is 6.04 Å². The summed E-state index contributed by atoms with van der Waals surface area (Å²) in [5.41, 5.74) is 0.804. The summed E-state index contributed by atoms with van der Waals surface area (Å²) in [6.45, 7) is 1.99. The van der Waals surface area contributed by atoms with Gasteiger partial charge in [0.1, 0.15) is 0 Å². The van der Waals surface area contributed by atoms with E-state index in [1.807, 2.05) is 13.0 Å². The highest BCUT2D eigenvalue weighted by atomic mass is 35.5. The maximum absolute atomic E-state index is 12.4. The molecule has 0 radical (unpaired) electrons. The first kappa shape index (κ1) is 12.9. The summed E-state index contributed by atoms with van der Waals surface area (Å²) in [6, 6.07) is 5.14. The second-order valence-corrected chi connectivity index (χ2v) is 6.81. The molecule has 0 saturated heterocycles. The molecule has 2 unspecified atom stereocenters. The molecule has 1 aliphatic rings. The minimum Gasteiger partial charge on any atom is -0.312 e. The van der Waals surface area contributed by atoms with Gasteiger partial charge in [0, 0.05) is 0 Å². The Morgan fingerprint density at radius 3 is 2.71 bits per heavy atom. The molecule has 0 spiro atoms. The van der Waals surface area contributed by atoms with Crippen LogP contribution >= 0.6 is 11.6 Å². The van der Waals surface area contributed by atoms with Gasteiger partial charge in [0.2, 0.25) is 0 Å². The van der Waals surface area contributed by atoms with Crippen molar-refractivity contribution < 1.29 is 8.42 Å². The van der Waals surface area contributed by atoms with Crippen molar-refractivity contribution >= 4 is 21.4 Å². The molecule has 0 amide bonds. The van der Waals surface area contributed by atoms with Gasteiger partial charge in [-0.25, -0.2) is 8.42 Å². The van der Waals surface area contributed by atoms with E-state index in [1.165, 1.54) is 0 Å². The van der Waals surface area contributed by atoms with E-state index in [9.17, 15) is 8.42 Å². The molecular weight excluding hydrogens is 258 g/mol. The first-order valence-corrected chi connectivity index (χ1v) is 7.66. The van der Waals surface area contributed by atoms with Crippen LogP contribution < -0.4 is 5.32 Å².